The first kappa shape index (κ1) is 9.38. The predicted octanol–water partition coefficient (Wildman–Crippen LogP) is 1.81. The number of thiol groups is 1. The molecule has 62 valence electrons. The molecule has 0 radical (unpaired) electrons. The maximum Gasteiger partial charge on any atom is 0.240 e. The Labute approximate surface area is 85.6 Å². The maximum absolute atomic E-state index is 11.3. The number of likely N-dealkylation sites (tertiary alicyclic amines) is 1. The lowest BCUT2D eigenvalue weighted by molar-refractivity contribution is -0.126. The zero-order valence-electron chi connectivity index (χ0n) is 6.25. The van der Waals surface area contributed by atoms with Gasteiger partial charge in [-0.15, -0.1) is 0 Å². The van der Waals surface area contributed by atoms with Crippen molar-refractivity contribution in [3.05, 3.63) is 12.3 Å². The van der Waals surface area contributed by atoms with Crippen LogP contribution in [-0.4, -0.2) is 20.1 Å². The number of nitrogens with zero attached hydrogens (tertiary/aromatic N) is 1. The molecule has 2 unspecified atom stereocenters. The second-order valence-electron chi connectivity index (χ2n) is 2.57. The number of carbonyl (C=O) groups is 1. The molecule has 11 heavy (non-hydrogen) atoms. The van der Waals surface area contributed by atoms with Crippen LogP contribution < -0.4 is 0 Å². The van der Waals surface area contributed by atoms with Gasteiger partial charge in [0.05, 0.1) is 9.30 Å². The lowest BCUT2D eigenvalue weighted by Gasteiger charge is -2.19. The number of carbonyl (C=O) groups excluding carboxylic acids is 1. The molecular formula is C7H10INOS. The molecule has 0 N–H and O–H groups in total. The molecule has 0 saturated carbocycles. The highest BCUT2D eigenvalue weighted by Crippen LogP contribution is 2.28. The summed E-state index contributed by atoms with van der Waals surface area (Å²) in [6, 6.07) is 0. The summed E-state index contributed by atoms with van der Waals surface area (Å²) in [5.41, 5.74) is 0.886. The van der Waals surface area contributed by atoms with Crippen molar-refractivity contribution >= 4 is 41.1 Å². The minimum absolute atomic E-state index is 0.0835. The van der Waals surface area contributed by atoms with E-state index in [0.29, 0.717) is 6.42 Å². The van der Waals surface area contributed by atoms with E-state index in [9.17, 15) is 4.79 Å². The van der Waals surface area contributed by atoms with Crippen molar-refractivity contribution in [1.82, 2.24) is 4.90 Å². The van der Waals surface area contributed by atoms with Gasteiger partial charge in [-0.05, 0) is 6.92 Å². The summed E-state index contributed by atoms with van der Waals surface area (Å²) in [5, 5.41) is -0.167. The molecule has 1 rings (SSSR count). The molecule has 4 heteroatoms. The molecule has 1 fully saturated rings. The Morgan fingerprint density at radius 2 is 2.45 bits per heavy atom. The van der Waals surface area contributed by atoms with Crippen LogP contribution in [-0.2, 0) is 4.79 Å². The number of hydrogen-bond acceptors (Lipinski definition) is 2. The van der Waals surface area contributed by atoms with Gasteiger partial charge in [-0.25, -0.2) is 0 Å². The van der Waals surface area contributed by atoms with Gasteiger partial charge in [-0.2, -0.15) is 12.6 Å². The van der Waals surface area contributed by atoms with Crippen LogP contribution in [0.25, 0.3) is 0 Å². The SMILES string of the molecule is C=C1CC(S)C(=O)N1C(C)I. The van der Waals surface area contributed by atoms with Gasteiger partial charge in [0.15, 0.2) is 0 Å². The lowest BCUT2D eigenvalue weighted by atomic mass is 10.3. The predicted molar refractivity (Wildman–Crippen MR) is 56.9 cm³/mol. The van der Waals surface area contributed by atoms with E-state index in [4.69, 9.17) is 0 Å². The minimum Gasteiger partial charge on any atom is -0.304 e. The molecule has 1 amide bonds. The highest BCUT2D eigenvalue weighted by atomic mass is 127. The number of allylic oxidation sites excluding steroid dienone is 1. The van der Waals surface area contributed by atoms with E-state index >= 15 is 0 Å². The third kappa shape index (κ3) is 1.72. The van der Waals surface area contributed by atoms with E-state index in [-0.39, 0.29) is 15.2 Å². The van der Waals surface area contributed by atoms with Crippen LogP contribution in [0.5, 0.6) is 0 Å². The largest absolute Gasteiger partial charge is 0.304 e. The number of rotatable bonds is 1. The third-order valence-electron chi connectivity index (χ3n) is 1.65. The third-order valence-corrected chi connectivity index (χ3v) is 2.61. The van der Waals surface area contributed by atoms with Crippen molar-refractivity contribution in [3.8, 4) is 0 Å². The Kier molecular flexibility index (Phi) is 2.85. The number of halogens is 1. The summed E-state index contributed by atoms with van der Waals surface area (Å²) in [7, 11) is 0. The first-order chi connectivity index (χ1) is 5.04. The van der Waals surface area contributed by atoms with Crippen molar-refractivity contribution in [2.24, 2.45) is 0 Å². The number of alkyl halides is 1. The highest BCUT2D eigenvalue weighted by molar-refractivity contribution is 14.1. The fourth-order valence-corrected chi connectivity index (χ4v) is 2.16. The summed E-state index contributed by atoms with van der Waals surface area (Å²) in [6.07, 6.45) is 0.690. The summed E-state index contributed by atoms with van der Waals surface area (Å²) < 4.78 is 0.185. The van der Waals surface area contributed by atoms with Gasteiger partial charge in [0, 0.05) is 12.1 Å². The fourth-order valence-electron chi connectivity index (χ4n) is 1.15. The average Bonchev–Trinajstić information content (AvgIpc) is 2.07. The van der Waals surface area contributed by atoms with Crippen LogP contribution in [0.4, 0.5) is 0 Å². The minimum atomic E-state index is -0.167. The van der Waals surface area contributed by atoms with Crippen LogP contribution in [0.15, 0.2) is 12.3 Å². The zero-order valence-corrected chi connectivity index (χ0v) is 9.30. The molecule has 0 aromatic carbocycles. The van der Waals surface area contributed by atoms with E-state index in [1.807, 2.05) is 6.92 Å². The Morgan fingerprint density at radius 3 is 2.64 bits per heavy atom. The smallest absolute Gasteiger partial charge is 0.240 e. The maximum atomic E-state index is 11.3. The van der Waals surface area contributed by atoms with Crippen LogP contribution in [0.1, 0.15) is 13.3 Å². The molecule has 0 aliphatic carbocycles. The van der Waals surface area contributed by atoms with Crippen LogP contribution in [0.2, 0.25) is 0 Å². The van der Waals surface area contributed by atoms with Crippen molar-refractivity contribution in [3.63, 3.8) is 0 Å². The first-order valence-corrected chi connectivity index (χ1v) is 5.13. The molecule has 0 aromatic rings. The van der Waals surface area contributed by atoms with E-state index in [1.165, 1.54) is 0 Å². The molecule has 2 atom stereocenters. The molecule has 1 heterocycles. The topological polar surface area (TPSA) is 20.3 Å². The van der Waals surface area contributed by atoms with E-state index in [0.717, 1.165) is 5.70 Å². The molecule has 0 bridgehead atoms. The van der Waals surface area contributed by atoms with Crippen LogP contribution in [0.3, 0.4) is 0 Å². The van der Waals surface area contributed by atoms with E-state index in [2.05, 4.69) is 41.8 Å². The van der Waals surface area contributed by atoms with Crippen LogP contribution >= 0.6 is 35.2 Å². The van der Waals surface area contributed by atoms with Crippen molar-refractivity contribution in [1.29, 1.82) is 0 Å². The number of amides is 1. The molecule has 1 aliphatic heterocycles. The molecule has 0 aromatic heterocycles. The van der Waals surface area contributed by atoms with Gasteiger partial charge in [-0.3, -0.25) is 4.79 Å². The summed E-state index contributed by atoms with van der Waals surface area (Å²) in [5.74, 6) is 0.0835. The lowest BCUT2D eigenvalue weighted by Crippen LogP contribution is -2.30. The quantitative estimate of drug-likeness (QED) is 0.337. The summed E-state index contributed by atoms with van der Waals surface area (Å²) in [6.45, 7) is 5.78. The van der Waals surface area contributed by atoms with Gasteiger partial charge in [0.25, 0.3) is 0 Å². The molecular weight excluding hydrogens is 273 g/mol. The summed E-state index contributed by atoms with van der Waals surface area (Å²) >= 11 is 6.34. The Morgan fingerprint density at radius 1 is 1.91 bits per heavy atom. The van der Waals surface area contributed by atoms with Gasteiger partial charge < -0.3 is 4.90 Å². The Balaban J connectivity index is 2.80. The average molecular weight is 283 g/mol. The second kappa shape index (κ2) is 3.35. The van der Waals surface area contributed by atoms with Gasteiger partial charge >= 0.3 is 0 Å². The monoisotopic (exact) mass is 283 g/mol. The molecule has 1 saturated heterocycles. The summed E-state index contributed by atoms with van der Waals surface area (Å²) in [4.78, 5) is 13.0. The molecule has 1 aliphatic rings. The normalized spacial score (nSPS) is 27.9. The standard InChI is InChI=1S/C7H10INOS/c1-4-3-6(11)7(10)9(4)5(2)8/h5-6,11H,1,3H2,2H3. The Hall–Kier alpha value is 0.290. The van der Waals surface area contributed by atoms with Gasteiger partial charge in [0.2, 0.25) is 5.91 Å². The molecule has 2 nitrogen and oxygen atoms in total. The molecule has 0 spiro atoms. The second-order valence-corrected chi connectivity index (χ2v) is 4.99. The van der Waals surface area contributed by atoms with Crippen molar-refractivity contribution < 1.29 is 4.79 Å². The Bertz CT molecular complexity index is 205. The zero-order chi connectivity index (χ0) is 8.59. The number of hydrogen-bond donors (Lipinski definition) is 1. The van der Waals surface area contributed by atoms with Crippen molar-refractivity contribution in [2.75, 3.05) is 0 Å². The van der Waals surface area contributed by atoms with E-state index in [1.54, 1.807) is 4.90 Å². The first-order valence-electron chi connectivity index (χ1n) is 3.37. The fraction of sp³-hybridized carbons (Fsp3) is 0.571. The van der Waals surface area contributed by atoms with Crippen molar-refractivity contribution in [2.45, 2.75) is 22.6 Å². The van der Waals surface area contributed by atoms with E-state index < -0.39 is 0 Å². The van der Waals surface area contributed by atoms with Gasteiger partial charge in [0.1, 0.15) is 0 Å². The highest BCUT2D eigenvalue weighted by Gasteiger charge is 2.33. The van der Waals surface area contributed by atoms with Crippen LogP contribution in [0, 0.1) is 0 Å². The van der Waals surface area contributed by atoms with Gasteiger partial charge in [-0.1, -0.05) is 29.2 Å².